The molecule has 1 aromatic heterocycles. The van der Waals surface area contributed by atoms with Gasteiger partial charge in [0.05, 0.1) is 36.8 Å². The number of hydrazine groups is 1. The van der Waals surface area contributed by atoms with Gasteiger partial charge in [-0.05, 0) is 25.0 Å². The summed E-state index contributed by atoms with van der Waals surface area (Å²) in [5, 5.41) is 6.49. The average Bonchev–Trinajstić information content (AvgIpc) is 3.53. The summed E-state index contributed by atoms with van der Waals surface area (Å²) in [6.45, 7) is 9.68. The maximum absolute atomic E-state index is 12.3. The molecule has 38 heavy (non-hydrogen) atoms. The van der Waals surface area contributed by atoms with Gasteiger partial charge in [-0.25, -0.2) is 5.43 Å². The van der Waals surface area contributed by atoms with Crippen molar-refractivity contribution in [1.29, 1.82) is 0 Å². The molecule has 0 aromatic carbocycles. The third-order valence-corrected chi connectivity index (χ3v) is 6.98. The molecule has 11 nitrogen and oxygen atoms in total. The molecule has 4 aliphatic heterocycles. The first-order valence-corrected chi connectivity index (χ1v) is 13.3. The fourth-order valence-corrected chi connectivity index (χ4v) is 5.14. The van der Waals surface area contributed by atoms with E-state index in [2.05, 4.69) is 50.4 Å². The van der Waals surface area contributed by atoms with Gasteiger partial charge in [-0.2, -0.15) is 0 Å². The normalized spacial score (nSPS) is 25.1. The molecule has 1 amide bonds. The predicted molar refractivity (Wildman–Crippen MR) is 149 cm³/mol. The summed E-state index contributed by atoms with van der Waals surface area (Å²) in [6, 6.07) is 1.82. The molecule has 1 saturated heterocycles. The molecule has 0 saturated carbocycles. The molecule has 5 heterocycles. The van der Waals surface area contributed by atoms with Crippen LogP contribution in [0.1, 0.15) is 32.8 Å². The van der Waals surface area contributed by atoms with Crippen molar-refractivity contribution in [2.75, 3.05) is 38.2 Å². The van der Waals surface area contributed by atoms with E-state index in [0.717, 1.165) is 41.3 Å². The number of anilines is 1. The first-order chi connectivity index (χ1) is 18.5. The predicted octanol–water partition coefficient (Wildman–Crippen LogP) is 1.16. The van der Waals surface area contributed by atoms with E-state index in [-0.39, 0.29) is 30.1 Å². The van der Waals surface area contributed by atoms with Crippen molar-refractivity contribution in [3.63, 3.8) is 0 Å². The molecule has 1 fully saturated rings. The standard InChI is InChI=1S/C27H37N9O2/c1-4-22(36-5-7-38-8-6-36)25-21(12-28)32-27(33-25)24-20-11-18(14-30-26(20)35-34-24)17-10-19(15-29-13-17)31-23(37)9-16(2)3/h4,10-11,13-16,21,25-26,34-35H,5-9,12,28H2,1-3H3,(H,31,37)(H,32,33)/b22-4+. The van der Waals surface area contributed by atoms with Crippen LogP contribution in [0, 0.1) is 5.92 Å². The lowest BCUT2D eigenvalue weighted by Gasteiger charge is -2.34. The van der Waals surface area contributed by atoms with E-state index in [1.807, 2.05) is 26.1 Å². The SMILES string of the molecule is C/C=C(\C1N=C(C2=C3C=C(c4cncc(NC(=O)CC(C)C)c4)C=NC3NN2)NC1CN)N1CCOCC1. The van der Waals surface area contributed by atoms with Gasteiger partial charge in [0, 0.05) is 60.9 Å². The first kappa shape index (κ1) is 26.1. The fourth-order valence-electron chi connectivity index (χ4n) is 5.14. The van der Waals surface area contributed by atoms with Gasteiger partial charge in [0.15, 0.2) is 0 Å². The lowest BCUT2D eigenvalue weighted by Crippen LogP contribution is -2.47. The molecule has 6 N–H and O–H groups in total. The van der Waals surface area contributed by atoms with Gasteiger partial charge in [-0.3, -0.25) is 19.8 Å². The number of hydrogen-bond donors (Lipinski definition) is 5. The molecule has 4 aliphatic rings. The number of carbonyl (C=O) groups is 1. The van der Waals surface area contributed by atoms with E-state index in [4.69, 9.17) is 20.5 Å². The first-order valence-electron chi connectivity index (χ1n) is 13.3. The summed E-state index contributed by atoms with van der Waals surface area (Å²) < 4.78 is 5.54. The number of dihydropyridines is 1. The minimum atomic E-state index is -0.226. The molecular weight excluding hydrogens is 482 g/mol. The number of nitrogens with zero attached hydrogens (tertiary/aromatic N) is 4. The molecule has 11 heteroatoms. The molecule has 5 rings (SSSR count). The number of carbonyl (C=O) groups excluding carboxylic acids is 1. The molecule has 3 atom stereocenters. The third kappa shape index (κ3) is 5.50. The van der Waals surface area contributed by atoms with Crippen molar-refractivity contribution >= 4 is 29.2 Å². The molecule has 0 aliphatic carbocycles. The Balaban J connectivity index is 1.41. The van der Waals surface area contributed by atoms with E-state index in [9.17, 15) is 4.79 Å². The van der Waals surface area contributed by atoms with E-state index in [1.54, 1.807) is 12.4 Å². The number of hydrogen-bond acceptors (Lipinski definition) is 10. The summed E-state index contributed by atoms with van der Waals surface area (Å²) in [6.07, 6.45) is 9.72. The van der Waals surface area contributed by atoms with Gasteiger partial charge in [0.2, 0.25) is 5.91 Å². The van der Waals surface area contributed by atoms with E-state index in [1.165, 1.54) is 5.70 Å². The third-order valence-electron chi connectivity index (χ3n) is 6.98. The Morgan fingerprint density at radius 1 is 1.32 bits per heavy atom. The molecule has 0 radical (unpaired) electrons. The molecule has 202 valence electrons. The Bertz CT molecular complexity index is 1210. The van der Waals surface area contributed by atoms with Crippen molar-refractivity contribution in [1.82, 2.24) is 26.1 Å². The van der Waals surface area contributed by atoms with Crippen LogP contribution in [-0.2, 0) is 9.53 Å². The topological polar surface area (TPSA) is 141 Å². The van der Waals surface area contributed by atoms with Gasteiger partial charge in [0.1, 0.15) is 18.0 Å². The van der Waals surface area contributed by atoms with E-state index >= 15 is 0 Å². The fraction of sp³-hybridized carbons (Fsp3) is 0.481. The summed E-state index contributed by atoms with van der Waals surface area (Å²) in [5.74, 6) is 1.03. The van der Waals surface area contributed by atoms with Gasteiger partial charge >= 0.3 is 0 Å². The Labute approximate surface area is 223 Å². The van der Waals surface area contributed by atoms with Crippen LogP contribution in [0.15, 0.2) is 57.6 Å². The van der Waals surface area contributed by atoms with Crippen LogP contribution < -0.4 is 27.2 Å². The Hall–Kier alpha value is -3.54. The zero-order chi connectivity index (χ0) is 26.6. The second-order valence-electron chi connectivity index (χ2n) is 10.2. The summed E-state index contributed by atoms with van der Waals surface area (Å²) in [5.41, 5.74) is 18.1. The Morgan fingerprint density at radius 2 is 2.13 bits per heavy atom. The second kappa shape index (κ2) is 11.5. The van der Waals surface area contributed by atoms with Crippen molar-refractivity contribution in [3.8, 4) is 0 Å². The quantitative estimate of drug-likeness (QED) is 0.345. The highest BCUT2D eigenvalue weighted by Gasteiger charge is 2.37. The number of morpholine rings is 1. The van der Waals surface area contributed by atoms with Crippen LogP contribution in [-0.4, -0.2) is 78.9 Å². The van der Waals surface area contributed by atoms with Crippen molar-refractivity contribution in [2.24, 2.45) is 21.6 Å². The number of rotatable bonds is 8. The van der Waals surface area contributed by atoms with Crippen LogP contribution in [0.25, 0.3) is 5.57 Å². The number of amidine groups is 1. The van der Waals surface area contributed by atoms with Crippen LogP contribution in [0.5, 0.6) is 0 Å². The van der Waals surface area contributed by atoms with Crippen molar-refractivity contribution in [3.05, 3.63) is 53.1 Å². The van der Waals surface area contributed by atoms with Gasteiger partial charge < -0.3 is 31.4 Å². The highest BCUT2D eigenvalue weighted by Crippen LogP contribution is 2.29. The number of fused-ring (bicyclic) bond motifs is 1. The van der Waals surface area contributed by atoms with Crippen LogP contribution in [0.3, 0.4) is 0 Å². The molecule has 0 bridgehead atoms. The number of aliphatic imine (C=N–C) groups is 2. The Kier molecular flexibility index (Phi) is 7.87. The number of amides is 1. The molecule has 1 aromatic rings. The van der Waals surface area contributed by atoms with Gasteiger partial charge in [-0.1, -0.05) is 19.9 Å². The summed E-state index contributed by atoms with van der Waals surface area (Å²) in [4.78, 5) is 28.7. The largest absolute Gasteiger partial charge is 0.378 e. The number of aromatic nitrogens is 1. The smallest absolute Gasteiger partial charge is 0.224 e. The molecule has 0 spiro atoms. The minimum absolute atomic E-state index is 0.0149. The lowest BCUT2D eigenvalue weighted by atomic mass is 10.0. The summed E-state index contributed by atoms with van der Waals surface area (Å²) in [7, 11) is 0. The zero-order valence-electron chi connectivity index (χ0n) is 22.2. The maximum atomic E-state index is 12.3. The Morgan fingerprint density at radius 3 is 2.87 bits per heavy atom. The number of nitrogens with one attached hydrogen (secondary N) is 4. The maximum Gasteiger partial charge on any atom is 0.224 e. The van der Waals surface area contributed by atoms with Crippen LogP contribution in [0.4, 0.5) is 5.69 Å². The zero-order valence-corrected chi connectivity index (χ0v) is 22.2. The number of allylic oxidation sites excluding steroid dienone is 2. The van der Waals surface area contributed by atoms with Crippen LogP contribution in [0.2, 0.25) is 0 Å². The highest BCUT2D eigenvalue weighted by molar-refractivity contribution is 6.13. The van der Waals surface area contributed by atoms with Crippen molar-refractivity contribution in [2.45, 2.75) is 45.4 Å². The highest BCUT2D eigenvalue weighted by atomic mass is 16.5. The summed E-state index contributed by atoms with van der Waals surface area (Å²) >= 11 is 0. The van der Waals surface area contributed by atoms with E-state index in [0.29, 0.717) is 31.9 Å². The lowest BCUT2D eigenvalue weighted by molar-refractivity contribution is -0.116. The number of nitrogens with two attached hydrogens (primary N) is 1. The average molecular weight is 520 g/mol. The molecule has 3 unspecified atom stereocenters. The second-order valence-corrected chi connectivity index (χ2v) is 10.2. The molecular formula is C27H37N9O2. The van der Waals surface area contributed by atoms with Gasteiger partial charge in [-0.15, -0.1) is 0 Å². The number of pyridine rings is 1. The van der Waals surface area contributed by atoms with Crippen molar-refractivity contribution < 1.29 is 9.53 Å². The van der Waals surface area contributed by atoms with Gasteiger partial charge in [0.25, 0.3) is 0 Å². The number of ether oxygens (including phenoxy) is 1. The van der Waals surface area contributed by atoms with E-state index < -0.39 is 0 Å². The monoisotopic (exact) mass is 519 g/mol. The minimum Gasteiger partial charge on any atom is -0.378 e. The van der Waals surface area contributed by atoms with Crippen LogP contribution >= 0.6 is 0 Å².